The van der Waals surface area contributed by atoms with Gasteiger partial charge in [0.1, 0.15) is 36.0 Å². The Morgan fingerprint density at radius 3 is 2.38 bits per heavy atom. The van der Waals surface area contributed by atoms with Crippen molar-refractivity contribution in [1.82, 2.24) is 15.0 Å². The highest BCUT2D eigenvalue weighted by atomic mass is 16.6. The zero-order chi connectivity index (χ0) is 23.9. The summed E-state index contributed by atoms with van der Waals surface area (Å²) in [5.74, 6) is 1.59. The van der Waals surface area contributed by atoms with E-state index in [1.54, 1.807) is 10.9 Å². The number of aliphatic hydroxyl groups excluding tert-OH is 1. The van der Waals surface area contributed by atoms with Gasteiger partial charge in [0, 0.05) is 6.42 Å². The Morgan fingerprint density at radius 2 is 1.71 bits per heavy atom. The minimum Gasteiger partial charge on any atom is -0.491 e. The molecule has 34 heavy (non-hydrogen) atoms. The van der Waals surface area contributed by atoms with E-state index in [0.29, 0.717) is 25.1 Å². The number of aliphatic hydroxyl groups is 1. The van der Waals surface area contributed by atoms with Gasteiger partial charge in [-0.3, -0.25) is 0 Å². The van der Waals surface area contributed by atoms with E-state index in [9.17, 15) is 5.11 Å². The molecule has 0 radical (unpaired) electrons. The van der Waals surface area contributed by atoms with Crippen LogP contribution in [0.1, 0.15) is 68.2 Å². The molecular formula is C27H35N3O4. The molecule has 7 nitrogen and oxygen atoms in total. The van der Waals surface area contributed by atoms with Crippen molar-refractivity contribution in [2.24, 2.45) is 0 Å². The van der Waals surface area contributed by atoms with E-state index >= 15 is 0 Å². The molecule has 7 heteroatoms. The summed E-state index contributed by atoms with van der Waals surface area (Å²) in [7, 11) is 0. The summed E-state index contributed by atoms with van der Waals surface area (Å²) >= 11 is 0. The van der Waals surface area contributed by atoms with E-state index in [1.807, 2.05) is 55.5 Å². The molecule has 0 bridgehead atoms. The van der Waals surface area contributed by atoms with Crippen LogP contribution in [0.25, 0.3) is 0 Å². The first-order valence-corrected chi connectivity index (χ1v) is 12.2. The normalized spacial score (nSPS) is 20.9. The second-order valence-corrected chi connectivity index (χ2v) is 9.09. The Labute approximate surface area is 201 Å². The minimum absolute atomic E-state index is 0.208. The standard InChI is InChI=1S/C27H35N3O4/c1-4-5-6-7-24(31)23-17-30(29-28-23)27-16-25(33-22-14-10-20(3)11-15-22)26(34-27)18-32-21-12-8-19(2)9-13-21/h8-15,17,24-27,31H,4-7,16,18H2,1-3H3/t24?,25-,26+,27+/m0/s1. The van der Waals surface area contributed by atoms with Crippen LogP contribution >= 0.6 is 0 Å². The molecule has 0 spiro atoms. The Bertz CT molecular complexity index is 1020. The Balaban J connectivity index is 1.44. The topological polar surface area (TPSA) is 78.6 Å². The van der Waals surface area contributed by atoms with Gasteiger partial charge < -0.3 is 19.3 Å². The van der Waals surface area contributed by atoms with Crippen LogP contribution < -0.4 is 9.47 Å². The molecule has 1 aliphatic rings. The summed E-state index contributed by atoms with van der Waals surface area (Å²) in [5.41, 5.74) is 2.94. The molecule has 1 aliphatic heterocycles. The predicted octanol–water partition coefficient (Wildman–Crippen LogP) is 5.32. The zero-order valence-corrected chi connectivity index (χ0v) is 20.3. The average molecular weight is 466 g/mol. The van der Waals surface area contributed by atoms with Gasteiger partial charge in [-0.2, -0.15) is 0 Å². The third kappa shape index (κ3) is 6.36. The molecule has 1 saturated heterocycles. The summed E-state index contributed by atoms with van der Waals surface area (Å²) in [6.07, 6.45) is 4.81. The van der Waals surface area contributed by atoms with Gasteiger partial charge in [0.25, 0.3) is 0 Å². The molecule has 1 unspecified atom stereocenters. The van der Waals surface area contributed by atoms with Crippen LogP contribution in [0.3, 0.4) is 0 Å². The SMILES string of the molecule is CCCCCC(O)c1cn([C@H]2C[C@H](Oc3ccc(C)cc3)[C@@H](COc3ccc(C)cc3)O2)nn1. The van der Waals surface area contributed by atoms with Crippen molar-refractivity contribution >= 4 is 0 Å². The van der Waals surface area contributed by atoms with E-state index < -0.39 is 6.10 Å². The highest BCUT2D eigenvalue weighted by Gasteiger charge is 2.39. The second kappa shape index (κ2) is 11.5. The molecule has 3 aromatic rings. The smallest absolute Gasteiger partial charge is 0.156 e. The Morgan fingerprint density at radius 1 is 1.03 bits per heavy atom. The predicted molar refractivity (Wildman–Crippen MR) is 130 cm³/mol. The third-order valence-electron chi connectivity index (χ3n) is 6.17. The number of benzene rings is 2. The van der Waals surface area contributed by atoms with Gasteiger partial charge in [0.15, 0.2) is 6.23 Å². The van der Waals surface area contributed by atoms with Crippen molar-refractivity contribution in [3.05, 3.63) is 71.5 Å². The average Bonchev–Trinajstić information content (AvgIpc) is 3.48. The Hall–Kier alpha value is -2.90. The number of aryl methyl sites for hydroxylation is 2. The third-order valence-corrected chi connectivity index (χ3v) is 6.17. The van der Waals surface area contributed by atoms with Gasteiger partial charge in [0.05, 0.1) is 12.3 Å². The molecule has 0 amide bonds. The quantitative estimate of drug-likeness (QED) is 0.386. The molecule has 2 aromatic carbocycles. The van der Waals surface area contributed by atoms with Gasteiger partial charge >= 0.3 is 0 Å². The fourth-order valence-corrected chi connectivity index (χ4v) is 4.06. The monoisotopic (exact) mass is 465 g/mol. The highest BCUT2D eigenvalue weighted by Crippen LogP contribution is 2.33. The highest BCUT2D eigenvalue weighted by molar-refractivity contribution is 5.27. The first-order valence-electron chi connectivity index (χ1n) is 12.2. The molecule has 0 saturated carbocycles. The molecule has 4 atom stereocenters. The first-order chi connectivity index (χ1) is 16.5. The van der Waals surface area contributed by atoms with E-state index in [2.05, 4.69) is 24.2 Å². The maximum Gasteiger partial charge on any atom is 0.156 e. The van der Waals surface area contributed by atoms with Gasteiger partial charge in [0.2, 0.25) is 0 Å². The lowest BCUT2D eigenvalue weighted by Crippen LogP contribution is -2.32. The lowest BCUT2D eigenvalue weighted by atomic mass is 10.1. The van der Waals surface area contributed by atoms with E-state index in [4.69, 9.17) is 14.2 Å². The van der Waals surface area contributed by atoms with E-state index in [-0.39, 0.29) is 18.4 Å². The van der Waals surface area contributed by atoms with Crippen molar-refractivity contribution in [2.75, 3.05) is 6.61 Å². The van der Waals surface area contributed by atoms with Gasteiger partial charge in [-0.1, -0.05) is 66.8 Å². The van der Waals surface area contributed by atoms with Crippen LogP contribution in [-0.4, -0.2) is 38.9 Å². The fraction of sp³-hybridized carbons (Fsp3) is 0.481. The fourth-order valence-electron chi connectivity index (χ4n) is 4.06. The number of hydrogen-bond acceptors (Lipinski definition) is 6. The van der Waals surface area contributed by atoms with E-state index in [1.165, 1.54) is 11.1 Å². The zero-order valence-electron chi connectivity index (χ0n) is 20.3. The lowest BCUT2D eigenvalue weighted by Gasteiger charge is -2.20. The summed E-state index contributed by atoms with van der Waals surface area (Å²) < 4.78 is 20.3. The summed E-state index contributed by atoms with van der Waals surface area (Å²) in [6.45, 7) is 6.61. The maximum atomic E-state index is 10.5. The summed E-state index contributed by atoms with van der Waals surface area (Å²) in [6, 6.07) is 16.0. The molecule has 1 aromatic heterocycles. The van der Waals surface area contributed by atoms with Crippen LogP contribution in [0.4, 0.5) is 0 Å². The number of hydrogen-bond donors (Lipinski definition) is 1. The van der Waals surface area contributed by atoms with Gasteiger partial charge in [-0.05, 0) is 44.5 Å². The lowest BCUT2D eigenvalue weighted by molar-refractivity contribution is -0.0406. The molecule has 4 rings (SSSR count). The number of nitrogens with zero attached hydrogens (tertiary/aromatic N) is 3. The summed E-state index contributed by atoms with van der Waals surface area (Å²) in [5, 5.41) is 18.9. The summed E-state index contributed by atoms with van der Waals surface area (Å²) in [4.78, 5) is 0. The van der Waals surface area contributed by atoms with E-state index in [0.717, 1.165) is 30.8 Å². The van der Waals surface area contributed by atoms with Gasteiger partial charge in [-0.25, -0.2) is 4.68 Å². The maximum absolute atomic E-state index is 10.5. The Kier molecular flexibility index (Phi) is 8.19. The largest absolute Gasteiger partial charge is 0.491 e. The van der Waals surface area contributed by atoms with Crippen molar-refractivity contribution < 1.29 is 19.3 Å². The molecule has 1 fully saturated rings. The number of unbranched alkanes of at least 4 members (excludes halogenated alkanes) is 2. The van der Waals surface area contributed by atoms with Crippen LogP contribution in [0.5, 0.6) is 11.5 Å². The van der Waals surface area contributed by atoms with Crippen LogP contribution in [0, 0.1) is 13.8 Å². The van der Waals surface area contributed by atoms with Crippen molar-refractivity contribution in [2.45, 2.75) is 77.4 Å². The van der Waals surface area contributed by atoms with Crippen molar-refractivity contribution in [3.63, 3.8) is 0 Å². The molecule has 2 heterocycles. The number of aromatic nitrogens is 3. The minimum atomic E-state index is -0.609. The number of ether oxygens (including phenoxy) is 3. The molecular weight excluding hydrogens is 430 g/mol. The molecule has 182 valence electrons. The number of rotatable bonds is 11. The van der Waals surface area contributed by atoms with Crippen LogP contribution in [0.15, 0.2) is 54.7 Å². The van der Waals surface area contributed by atoms with Gasteiger partial charge in [-0.15, -0.1) is 5.10 Å². The molecule has 1 N–H and O–H groups in total. The van der Waals surface area contributed by atoms with Crippen LogP contribution in [0.2, 0.25) is 0 Å². The molecule has 0 aliphatic carbocycles. The second-order valence-electron chi connectivity index (χ2n) is 9.09. The van der Waals surface area contributed by atoms with Crippen molar-refractivity contribution in [1.29, 1.82) is 0 Å². The first kappa shape index (κ1) is 24.2. The van der Waals surface area contributed by atoms with Crippen molar-refractivity contribution in [3.8, 4) is 11.5 Å². The van der Waals surface area contributed by atoms with Crippen LogP contribution in [-0.2, 0) is 4.74 Å².